The van der Waals surface area contributed by atoms with Crippen molar-refractivity contribution in [3.63, 3.8) is 0 Å². The quantitative estimate of drug-likeness (QED) is 0.909. The zero-order valence-corrected chi connectivity index (χ0v) is 9.54. The maximum Gasteiger partial charge on any atom is 0.261 e. The molecular formula is C12H9FNO2S. The summed E-state index contributed by atoms with van der Waals surface area (Å²) in [6.45, 7) is 0. The Morgan fingerprint density at radius 1 is 1.12 bits per heavy atom. The van der Waals surface area contributed by atoms with Crippen molar-refractivity contribution in [2.24, 2.45) is 0 Å². The number of hydrogen-bond acceptors (Lipinski definition) is 2. The van der Waals surface area contributed by atoms with Crippen LogP contribution in [0.5, 0.6) is 0 Å². The van der Waals surface area contributed by atoms with Gasteiger partial charge in [0.15, 0.2) is 0 Å². The van der Waals surface area contributed by atoms with Gasteiger partial charge in [0.25, 0.3) is 10.0 Å². The van der Waals surface area contributed by atoms with Crippen molar-refractivity contribution in [3.8, 4) is 0 Å². The molecule has 17 heavy (non-hydrogen) atoms. The Labute approximate surface area is 99.0 Å². The van der Waals surface area contributed by atoms with Crippen LogP contribution in [0.25, 0.3) is 0 Å². The van der Waals surface area contributed by atoms with Crippen LogP contribution in [-0.2, 0) is 10.0 Å². The molecule has 5 heteroatoms. The number of halogens is 1. The maximum absolute atomic E-state index is 13.3. The third kappa shape index (κ3) is 2.62. The summed E-state index contributed by atoms with van der Waals surface area (Å²) in [5.74, 6) is -0.660. The number of anilines is 1. The van der Waals surface area contributed by atoms with Crippen molar-refractivity contribution in [1.29, 1.82) is 0 Å². The minimum absolute atomic E-state index is 0.0900. The smallest absolute Gasteiger partial charge is 0.261 e. The monoisotopic (exact) mass is 250 g/mol. The van der Waals surface area contributed by atoms with Crippen molar-refractivity contribution in [2.75, 3.05) is 4.72 Å². The van der Waals surface area contributed by atoms with Crippen LogP contribution >= 0.6 is 0 Å². The molecule has 1 N–H and O–H groups in total. The largest absolute Gasteiger partial charge is 0.277 e. The van der Waals surface area contributed by atoms with E-state index in [0.29, 0.717) is 0 Å². The molecule has 2 rings (SSSR count). The number of hydrogen-bond donors (Lipinski definition) is 1. The molecule has 1 radical (unpaired) electrons. The lowest BCUT2D eigenvalue weighted by atomic mass is 10.3. The fourth-order valence-corrected chi connectivity index (χ4v) is 2.38. The highest BCUT2D eigenvalue weighted by Crippen LogP contribution is 2.17. The molecule has 2 aromatic carbocycles. The predicted octanol–water partition coefficient (Wildman–Crippen LogP) is 2.43. The van der Waals surface area contributed by atoms with Crippen LogP contribution in [0.4, 0.5) is 10.1 Å². The van der Waals surface area contributed by atoms with E-state index in [4.69, 9.17) is 0 Å². The number of sulfonamides is 1. The standard InChI is InChI=1S/C12H9FNO2S/c13-11-8-4-5-9-12(11)14-17(15,16)10-6-2-1-3-7-10/h1-3,5-9,14H. The summed E-state index contributed by atoms with van der Waals surface area (Å²) >= 11 is 0. The molecule has 0 amide bonds. The van der Waals surface area contributed by atoms with E-state index >= 15 is 0 Å². The van der Waals surface area contributed by atoms with Crippen molar-refractivity contribution in [3.05, 3.63) is 60.4 Å². The van der Waals surface area contributed by atoms with Gasteiger partial charge in [0.1, 0.15) is 5.82 Å². The molecule has 0 atom stereocenters. The SMILES string of the molecule is O=S(=O)(Nc1cc[c]cc1F)c1ccccc1. The summed E-state index contributed by atoms with van der Waals surface area (Å²) in [6, 6.07) is 14.1. The van der Waals surface area contributed by atoms with Gasteiger partial charge in [-0.2, -0.15) is 0 Å². The van der Waals surface area contributed by atoms with Crippen LogP contribution in [0.2, 0.25) is 0 Å². The highest BCUT2D eigenvalue weighted by Gasteiger charge is 2.14. The number of nitrogens with one attached hydrogen (secondary N) is 1. The van der Waals surface area contributed by atoms with Crippen LogP contribution in [0, 0.1) is 11.9 Å². The second-order valence-electron chi connectivity index (χ2n) is 3.32. The van der Waals surface area contributed by atoms with Crippen molar-refractivity contribution in [2.45, 2.75) is 4.90 Å². The van der Waals surface area contributed by atoms with Gasteiger partial charge in [-0.05, 0) is 30.3 Å². The lowest BCUT2D eigenvalue weighted by molar-refractivity contribution is 0.598. The van der Waals surface area contributed by atoms with Crippen molar-refractivity contribution >= 4 is 15.7 Å². The van der Waals surface area contributed by atoms with Gasteiger partial charge in [0, 0.05) is 0 Å². The van der Waals surface area contributed by atoms with E-state index in [9.17, 15) is 12.8 Å². The molecule has 0 bridgehead atoms. The Hall–Kier alpha value is -1.88. The van der Waals surface area contributed by atoms with Gasteiger partial charge >= 0.3 is 0 Å². The number of rotatable bonds is 3. The van der Waals surface area contributed by atoms with E-state index in [1.54, 1.807) is 18.2 Å². The van der Waals surface area contributed by atoms with E-state index in [0.717, 1.165) is 6.07 Å². The first kappa shape index (κ1) is 11.6. The maximum atomic E-state index is 13.3. The van der Waals surface area contributed by atoms with E-state index in [-0.39, 0.29) is 10.6 Å². The minimum Gasteiger partial charge on any atom is -0.277 e. The molecular weight excluding hydrogens is 241 g/mol. The molecule has 0 fully saturated rings. The normalized spacial score (nSPS) is 11.1. The molecule has 87 valence electrons. The zero-order chi connectivity index (χ0) is 12.3. The molecule has 0 aliphatic heterocycles. The summed E-state index contributed by atoms with van der Waals surface area (Å²) in [7, 11) is -3.74. The van der Waals surface area contributed by atoms with Crippen molar-refractivity contribution in [1.82, 2.24) is 0 Å². The fraction of sp³-hybridized carbons (Fsp3) is 0. The van der Waals surface area contributed by atoms with Crippen molar-refractivity contribution < 1.29 is 12.8 Å². The average molecular weight is 250 g/mol. The lowest BCUT2D eigenvalue weighted by Crippen LogP contribution is -2.13. The van der Waals surface area contributed by atoms with Gasteiger partial charge in [-0.3, -0.25) is 4.72 Å². The molecule has 0 unspecified atom stereocenters. The second-order valence-corrected chi connectivity index (χ2v) is 5.01. The molecule has 0 heterocycles. The van der Waals surface area contributed by atoms with Gasteiger partial charge in [-0.25, -0.2) is 12.8 Å². The van der Waals surface area contributed by atoms with E-state index in [1.807, 2.05) is 0 Å². The molecule has 0 aromatic heterocycles. The lowest BCUT2D eigenvalue weighted by Gasteiger charge is -2.08. The Bertz CT molecular complexity index is 611. The Morgan fingerprint density at radius 3 is 2.47 bits per heavy atom. The summed E-state index contributed by atoms with van der Waals surface area (Å²) in [4.78, 5) is 0.0900. The van der Waals surface area contributed by atoms with Gasteiger partial charge in [0.2, 0.25) is 0 Å². The average Bonchev–Trinajstić information content (AvgIpc) is 2.33. The molecule has 0 aliphatic rings. The zero-order valence-electron chi connectivity index (χ0n) is 8.72. The van der Waals surface area contributed by atoms with E-state index in [2.05, 4.69) is 10.8 Å². The first-order chi connectivity index (χ1) is 8.09. The van der Waals surface area contributed by atoms with E-state index < -0.39 is 15.8 Å². The van der Waals surface area contributed by atoms with Gasteiger partial charge in [-0.1, -0.05) is 24.3 Å². The predicted molar refractivity (Wildman–Crippen MR) is 62.5 cm³/mol. The minimum atomic E-state index is -3.74. The molecule has 2 aromatic rings. The molecule has 0 aliphatic carbocycles. The van der Waals surface area contributed by atoms with Crippen LogP contribution in [-0.4, -0.2) is 8.42 Å². The summed E-state index contributed by atoms with van der Waals surface area (Å²) in [5.41, 5.74) is -0.0902. The highest BCUT2D eigenvalue weighted by atomic mass is 32.2. The van der Waals surface area contributed by atoms with Crippen LogP contribution in [0.1, 0.15) is 0 Å². The Morgan fingerprint density at radius 2 is 1.82 bits per heavy atom. The van der Waals surface area contributed by atoms with Gasteiger partial charge in [0.05, 0.1) is 10.6 Å². The summed E-state index contributed by atoms with van der Waals surface area (Å²) in [5, 5.41) is 0. The molecule has 3 nitrogen and oxygen atoms in total. The third-order valence-corrected chi connectivity index (χ3v) is 3.49. The van der Waals surface area contributed by atoms with Crippen LogP contribution in [0.15, 0.2) is 53.4 Å². The van der Waals surface area contributed by atoms with Gasteiger partial charge < -0.3 is 0 Å². The summed E-state index contributed by atoms with van der Waals surface area (Å²) < 4.78 is 39.2. The molecule has 0 saturated heterocycles. The third-order valence-electron chi connectivity index (χ3n) is 2.11. The Balaban J connectivity index is 2.34. The summed E-state index contributed by atoms with van der Waals surface area (Å²) in [6.07, 6.45) is 0. The molecule has 0 saturated carbocycles. The number of benzene rings is 2. The highest BCUT2D eigenvalue weighted by molar-refractivity contribution is 7.92. The first-order valence-electron chi connectivity index (χ1n) is 4.83. The second kappa shape index (κ2) is 4.55. The molecule has 0 spiro atoms. The fourth-order valence-electron chi connectivity index (χ4n) is 1.30. The van der Waals surface area contributed by atoms with Crippen LogP contribution < -0.4 is 4.72 Å². The van der Waals surface area contributed by atoms with Gasteiger partial charge in [-0.15, -0.1) is 0 Å². The van der Waals surface area contributed by atoms with Crippen LogP contribution in [0.3, 0.4) is 0 Å². The Kier molecular flexibility index (Phi) is 3.10. The first-order valence-corrected chi connectivity index (χ1v) is 6.31. The van der Waals surface area contributed by atoms with E-state index in [1.165, 1.54) is 24.3 Å². The topological polar surface area (TPSA) is 46.2 Å².